The topological polar surface area (TPSA) is 150 Å². The number of benzene rings is 1. The number of carbonyl (C=O) groups is 3. The summed E-state index contributed by atoms with van der Waals surface area (Å²) < 4.78 is 10.5. The lowest BCUT2D eigenvalue weighted by atomic mass is 10.1. The summed E-state index contributed by atoms with van der Waals surface area (Å²) in [6.45, 7) is 6.85. The minimum absolute atomic E-state index is 0.0884. The number of alkyl carbamates (subject to hydrolysis) is 1. The van der Waals surface area contributed by atoms with Crippen molar-refractivity contribution in [1.82, 2.24) is 10.2 Å². The van der Waals surface area contributed by atoms with Gasteiger partial charge >= 0.3 is 18.3 Å². The minimum atomic E-state index is -1.61. The molecule has 1 aromatic rings. The Labute approximate surface area is 168 Å². The maximum absolute atomic E-state index is 12.0. The van der Waals surface area contributed by atoms with E-state index in [9.17, 15) is 14.4 Å². The van der Waals surface area contributed by atoms with Crippen molar-refractivity contribution in [1.29, 1.82) is 0 Å². The standard InChI is InChI=1S/C18H26N4O7/c1-6-19-14(21-15(23)29-18(2,3)4)20-12-9-7-8-11(13(12)28-5)10-22(16(24)25)17(26)27/h7-9H,6,10H2,1-5H3,(H,24,25)(H,26,27)(H2,19,20,21,23). The molecule has 160 valence electrons. The molecule has 0 aliphatic rings. The number of hydrogen-bond donors (Lipinski definition) is 4. The molecule has 0 bridgehead atoms. The fraction of sp³-hybridized carbons (Fsp3) is 0.444. The van der Waals surface area contributed by atoms with Gasteiger partial charge in [0.05, 0.1) is 19.3 Å². The monoisotopic (exact) mass is 410 g/mol. The zero-order chi connectivity index (χ0) is 22.2. The number of methoxy groups -OCH3 is 1. The Kier molecular flexibility index (Phi) is 8.24. The first-order valence-corrected chi connectivity index (χ1v) is 8.69. The molecule has 0 atom stereocenters. The number of para-hydroxylation sites is 1. The number of hydrogen-bond acceptors (Lipinski definition) is 6. The summed E-state index contributed by atoms with van der Waals surface area (Å²) in [5, 5.41) is 23.5. The second-order valence-electron chi connectivity index (χ2n) is 6.72. The molecular weight excluding hydrogens is 384 g/mol. The average molecular weight is 410 g/mol. The van der Waals surface area contributed by atoms with E-state index >= 15 is 0 Å². The van der Waals surface area contributed by atoms with Crippen LogP contribution in [-0.2, 0) is 11.3 Å². The number of ether oxygens (including phenoxy) is 2. The van der Waals surface area contributed by atoms with Crippen LogP contribution >= 0.6 is 0 Å². The molecule has 0 aliphatic heterocycles. The molecule has 0 saturated carbocycles. The van der Waals surface area contributed by atoms with E-state index in [2.05, 4.69) is 15.6 Å². The van der Waals surface area contributed by atoms with Gasteiger partial charge in [0.15, 0.2) is 0 Å². The van der Waals surface area contributed by atoms with Crippen molar-refractivity contribution in [3.8, 4) is 5.75 Å². The van der Waals surface area contributed by atoms with E-state index in [0.29, 0.717) is 17.8 Å². The molecule has 29 heavy (non-hydrogen) atoms. The van der Waals surface area contributed by atoms with Gasteiger partial charge in [-0.2, -0.15) is 0 Å². The molecular formula is C18H26N4O7. The lowest BCUT2D eigenvalue weighted by Crippen LogP contribution is -2.40. The fourth-order valence-electron chi connectivity index (χ4n) is 2.23. The van der Waals surface area contributed by atoms with E-state index in [4.69, 9.17) is 19.7 Å². The van der Waals surface area contributed by atoms with Gasteiger partial charge in [0.1, 0.15) is 11.4 Å². The van der Waals surface area contributed by atoms with Gasteiger partial charge in [-0.15, -0.1) is 0 Å². The van der Waals surface area contributed by atoms with Crippen molar-refractivity contribution < 1.29 is 34.1 Å². The molecule has 0 aromatic heterocycles. The quantitative estimate of drug-likeness (QED) is 0.427. The van der Waals surface area contributed by atoms with Crippen LogP contribution in [0.15, 0.2) is 23.2 Å². The third-order valence-electron chi connectivity index (χ3n) is 3.28. The summed E-state index contributed by atoms with van der Waals surface area (Å²) in [5.41, 5.74) is -0.0461. The highest BCUT2D eigenvalue weighted by molar-refractivity contribution is 6.03. The second kappa shape index (κ2) is 10.2. The Hall–Kier alpha value is -3.50. The third-order valence-corrected chi connectivity index (χ3v) is 3.28. The SMILES string of the molecule is CCN=C(NC(=O)OC(C)(C)C)Nc1cccc(CN(C(=O)O)C(=O)O)c1OC. The Morgan fingerprint density at radius 3 is 2.28 bits per heavy atom. The summed E-state index contributed by atoms with van der Waals surface area (Å²) in [4.78, 5) is 38.7. The average Bonchev–Trinajstić information content (AvgIpc) is 2.57. The number of carboxylic acid groups (broad SMARTS) is 2. The van der Waals surface area contributed by atoms with E-state index in [1.807, 2.05) is 0 Å². The largest absolute Gasteiger partial charge is 0.494 e. The molecule has 11 heteroatoms. The van der Waals surface area contributed by atoms with Gasteiger partial charge in [-0.1, -0.05) is 12.1 Å². The lowest BCUT2D eigenvalue weighted by molar-refractivity contribution is 0.0562. The second-order valence-corrected chi connectivity index (χ2v) is 6.72. The molecule has 4 N–H and O–H groups in total. The highest BCUT2D eigenvalue weighted by atomic mass is 16.6. The number of guanidine groups is 1. The van der Waals surface area contributed by atoms with Crippen LogP contribution in [0.25, 0.3) is 0 Å². The predicted octanol–water partition coefficient (Wildman–Crippen LogP) is 3.17. The number of rotatable bonds is 5. The van der Waals surface area contributed by atoms with Gasteiger partial charge in [0.2, 0.25) is 5.96 Å². The van der Waals surface area contributed by atoms with Gasteiger partial charge in [0, 0.05) is 12.1 Å². The van der Waals surface area contributed by atoms with Crippen molar-refractivity contribution in [3.63, 3.8) is 0 Å². The smallest absolute Gasteiger partial charge is 0.417 e. The first kappa shape index (κ1) is 23.5. The summed E-state index contributed by atoms with van der Waals surface area (Å²) >= 11 is 0. The Balaban J connectivity index is 3.13. The molecule has 11 nitrogen and oxygen atoms in total. The maximum Gasteiger partial charge on any atom is 0.417 e. The lowest BCUT2D eigenvalue weighted by Gasteiger charge is -2.21. The summed E-state index contributed by atoms with van der Waals surface area (Å²) in [6.07, 6.45) is -3.94. The van der Waals surface area contributed by atoms with Gasteiger partial charge in [0.25, 0.3) is 0 Å². The van der Waals surface area contributed by atoms with Gasteiger partial charge in [-0.25, -0.2) is 19.3 Å². The zero-order valence-electron chi connectivity index (χ0n) is 17.0. The fourth-order valence-corrected chi connectivity index (χ4v) is 2.23. The molecule has 1 aromatic carbocycles. The highest BCUT2D eigenvalue weighted by Crippen LogP contribution is 2.30. The molecule has 0 fully saturated rings. The van der Waals surface area contributed by atoms with Crippen molar-refractivity contribution in [2.75, 3.05) is 19.0 Å². The first-order valence-electron chi connectivity index (χ1n) is 8.69. The van der Waals surface area contributed by atoms with Crippen molar-refractivity contribution in [2.45, 2.75) is 39.8 Å². The molecule has 0 saturated heterocycles. The summed E-state index contributed by atoms with van der Waals surface area (Å²) in [6, 6.07) is 4.72. The number of aliphatic imine (C=N–C) groups is 1. The zero-order valence-corrected chi connectivity index (χ0v) is 17.0. The van der Waals surface area contributed by atoms with E-state index in [1.165, 1.54) is 13.2 Å². The van der Waals surface area contributed by atoms with Crippen molar-refractivity contribution >= 4 is 29.9 Å². The molecule has 1 rings (SSSR count). The van der Waals surface area contributed by atoms with Crippen LogP contribution in [0.5, 0.6) is 5.75 Å². The van der Waals surface area contributed by atoms with E-state index in [0.717, 1.165) is 0 Å². The summed E-state index contributed by atoms with van der Waals surface area (Å²) in [7, 11) is 1.35. The number of nitrogens with zero attached hydrogens (tertiary/aromatic N) is 2. The van der Waals surface area contributed by atoms with Crippen LogP contribution in [0.1, 0.15) is 33.3 Å². The Morgan fingerprint density at radius 1 is 1.17 bits per heavy atom. The number of nitrogens with one attached hydrogen (secondary N) is 2. The maximum atomic E-state index is 12.0. The van der Waals surface area contributed by atoms with E-state index in [-0.39, 0.29) is 16.6 Å². The number of carbonyl (C=O) groups excluding carboxylic acids is 1. The van der Waals surface area contributed by atoms with Gasteiger partial charge in [-0.3, -0.25) is 10.3 Å². The minimum Gasteiger partial charge on any atom is -0.494 e. The Bertz CT molecular complexity index is 773. The number of imide groups is 1. The molecule has 0 radical (unpaired) electrons. The van der Waals surface area contributed by atoms with Gasteiger partial charge < -0.3 is 25.0 Å². The molecule has 0 heterocycles. The van der Waals surface area contributed by atoms with Crippen LogP contribution < -0.4 is 15.4 Å². The number of amides is 3. The van der Waals surface area contributed by atoms with Crippen LogP contribution in [0.2, 0.25) is 0 Å². The molecule has 0 unspecified atom stereocenters. The van der Waals surface area contributed by atoms with Gasteiger partial charge in [-0.05, 0) is 33.8 Å². The third kappa shape index (κ3) is 7.56. The van der Waals surface area contributed by atoms with Crippen LogP contribution in [0.3, 0.4) is 0 Å². The molecule has 3 amide bonds. The molecule has 0 aliphatic carbocycles. The van der Waals surface area contributed by atoms with Crippen LogP contribution in [-0.4, -0.2) is 58.6 Å². The summed E-state index contributed by atoms with van der Waals surface area (Å²) in [5.74, 6) is 0.292. The normalized spacial score (nSPS) is 11.4. The van der Waals surface area contributed by atoms with E-state index < -0.39 is 30.4 Å². The first-order chi connectivity index (χ1) is 13.5. The predicted molar refractivity (Wildman–Crippen MR) is 106 cm³/mol. The molecule has 0 spiro atoms. The Morgan fingerprint density at radius 2 is 1.79 bits per heavy atom. The van der Waals surface area contributed by atoms with Crippen molar-refractivity contribution in [3.05, 3.63) is 23.8 Å². The van der Waals surface area contributed by atoms with Crippen LogP contribution in [0, 0.1) is 0 Å². The van der Waals surface area contributed by atoms with Crippen LogP contribution in [0.4, 0.5) is 20.1 Å². The van der Waals surface area contributed by atoms with E-state index in [1.54, 1.807) is 39.8 Å². The highest BCUT2D eigenvalue weighted by Gasteiger charge is 2.23. The van der Waals surface area contributed by atoms with Crippen molar-refractivity contribution in [2.24, 2.45) is 4.99 Å². The number of anilines is 1.